The zero-order valence-corrected chi connectivity index (χ0v) is 21.5. The number of hydrogen-bond donors (Lipinski definition) is 1. The lowest BCUT2D eigenvalue weighted by Gasteiger charge is -2.18. The fourth-order valence-electron chi connectivity index (χ4n) is 3.83. The number of amides is 1. The van der Waals surface area contributed by atoms with Crippen molar-refractivity contribution < 1.29 is 27.3 Å². The average Bonchev–Trinajstić information content (AvgIpc) is 3.36. The summed E-state index contributed by atoms with van der Waals surface area (Å²) in [5, 5.41) is 15.9. The van der Waals surface area contributed by atoms with E-state index in [4.69, 9.17) is 9.26 Å². The molecule has 4 rings (SSSR count). The van der Waals surface area contributed by atoms with Gasteiger partial charge in [-0.1, -0.05) is 49.3 Å². The van der Waals surface area contributed by atoms with E-state index in [1.807, 2.05) is 24.3 Å². The highest BCUT2D eigenvalue weighted by molar-refractivity contribution is 7.89. The van der Waals surface area contributed by atoms with Crippen LogP contribution < -0.4 is 5.32 Å². The van der Waals surface area contributed by atoms with Crippen molar-refractivity contribution in [3.63, 3.8) is 0 Å². The number of sulfonamides is 1. The second-order valence-electron chi connectivity index (χ2n) is 8.17. The molecule has 4 aromatic rings. The highest BCUT2D eigenvalue weighted by atomic mass is 32.2. The van der Waals surface area contributed by atoms with Gasteiger partial charge >= 0.3 is 5.97 Å². The molecular formula is C27H24N4O6S. The first-order valence-electron chi connectivity index (χ1n) is 11.7. The van der Waals surface area contributed by atoms with Gasteiger partial charge in [0.2, 0.25) is 15.8 Å². The molecule has 0 aliphatic heterocycles. The lowest BCUT2D eigenvalue weighted by atomic mass is 10.1. The van der Waals surface area contributed by atoms with Crippen LogP contribution in [0.25, 0.3) is 10.9 Å². The number of benzene rings is 3. The van der Waals surface area contributed by atoms with Crippen LogP contribution in [0.5, 0.6) is 0 Å². The van der Waals surface area contributed by atoms with Crippen molar-refractivity contribution in [2.75, 3.05) is 18.4 Å². The number of fused-ring (bicyclic) bond motifs is 1. The molecule has 0 spiro atoms. The summed E-state index contributed by atoms with van der Waals surface area (Å²) in [5.74, 6) is -1.73. The molecule has 1 N–H and O–H groups in total. The normalized spacial score (nSPS) is 11.3. The van der Waals surface area contributed by atoms with Crippen molar-refractivity contribution in [2.45, 2.75) is 25.3 Å². The lowest BCUT2D eigenvalue weighted by molar-refractivity contribution is 0.0474. The molecule has 38 heavy (non-hydrogen) atoms. The van der Waals surface area contributed by atoms with E-state index < -0.39 is 21.9 Å². The number of carbonyl (C=O) groups excluding carboxylic acids is 2. The minimum absolute atomic E-state index is 0.000368. The lowest BCUT2D eigenvalue weighted by Crippen LogP contribution is -2.30. The van der Waals surface area contributed by atoms with Crippen molar-refractivity contribution in [3.05, 3.63) is 89.2 Å². The average molecular weight is 533 g/mol. The number of esters is 1. The van der Waals surface area contributed by atoms with Gasteiger partial charge < -0.3 is 14.6 Å². The number of anilines is 1. The molecule has 0 fully saturated rings. The maximum atomic E-state index is 13.2. The third-order valence-electron chi connectivity index (χ3n) is 5.83. The number of rotatable bonds is 9. The van der Waals surface area contributed by atoms with Crippen molar-refractivity contribution in [1.82, 2.24) is 9.46 Å². The van der Waals surface area contributed by atoms with E-state index in [-0.39, 0.29) is 58.1 Å². The van der Waals surface area contributed by atoms with Gasteiger partial charge in [0.15, 0.2) is 0 Å². The molecule has 0 aliphatic carbocycles. The van der Waals surface area contributed by atoms with E-state index in [9.17, 15) is 23.3 Å². The SMILES string of the molecule is CCN(CC)S(=O)(=O)c1ccc2noc(C(=O)Nc3ccc(C#N)cc3C(=O)OCc3ccccc3)c2c1. The van der Waals surface area contributed by atoms with Crippen LogP contribution in [0.1, 0.15) is 45.9 Å². The summed E-state index contributed by atoms with van der Waals surface area (Å²) >= 11 is 0. The molecule has 0 saturated heterocycles. The Kier molecular flexibility index (Phi) is 7.85. The van der Waals surface area contributed by atoms with Crippen molar-refractivity contribution >= 4 is 38.5 Å². The zero-order chi connectivity index (χ0) is 27.3. The van der Waals surface area contributed by atoms with Crippen LogP contribution in [-0.4, -0.2) is 42.8 Å². The van der Waals surface area contributed by atoms with E-state index in [1.165, 1.54) is 40.7 Å². The predicted octanol–water partition coefficient (Wildman–Crippen LogP) is 4.34. The van der Waals surface area contributed by atoms with E-state index in [0.29, 0.717) is 0 Å². The summed E-state index contributed by atoms with van der Waals surface area (Å²) in [5.41, 5.74) is 1.32. The van der Waals surface area contributed by atoms with Crippen LogP contribution in [0.3, 0.4) is 0 Å². The third-order valence-corrected chi connectivity index (χ3v) is 7.87. The second kappa shape index (κ2) is 11.2. The Bertz CT molecular complexity index is 1640. The van der Waals surface area contributed by atoms with Gasteiger partial charge in [-0.05, 0) is 42.0 Å². The van der Waals surface area contributed by atoms with Crippen molar-refractivity contribution in [1.29, 1.82) is 5.26 Å². The van der Waals surface area contributed by atoms with Crippen LogP contribution in [0.15, 0.2) is 76.1 Å². The molecule has 0 unspecified atom stereocenters. The highest BCUT2D eigenvalue weighted by Crippen LogP contribution is 2.26. The van der Waals surface area contributed by atoms with Gasteiger partial charge in [0.25, 0.3) is 5.91 Å². The molecule has 194 valence electrons. The topological polar surface area (TPSA) is 143 Å². The molecular weight excluding hydrogens is 508 g/mol. The molecule has 0 saturated carbocycles. The fourth-order valence-corrected chi connectivity index (χ4v) is 5.31. The summed E-state index contributed by atoms with van der Waals surface area (Å²) in [6.07, 6.45) is 0. The first-order chi connectivity index (χ1) is 18.3. The van der Waals surface area contributed by atoms with Gasteiger partial charge in [0.05, 0.1) is 33.2 Å². The third kappa shape index (κ3) is 5.41. The van der Waals surface area contributed by atoms with Crippen molar-refractivity contribution in [2.24, 2.45) is 0 Å². The molecule has 0 atom stereocenters. The summed E-state index contributed by atoms with van der Waals surface area (Å²) in [7, 11) is -3.79. The molecule has 0 radical (unpaired) electrons. The Morgan fingerprint density at radius 3 is 2.47 bits per heavy atom. The maximum absolute atomic E-state index is 13.2. The van der Waals surface area contributed by atoms with Gasteiger partial charge in [-0.25, -0.2) is 13.2 Å². The van der Waals surface area contributed by atoms with E-state index in [1.54, 1.807) is 26.0 Å². The van der Waals surface area contributed by atoms with Crippen LogP contribution in [0.4, 0.5) is 5.69 Å². The largest absolute Gasteiger partial charge is 0.457 e. The second-order valence-corrected chi connectivity index (χ2v) is 10.1. The molecule has 0 bridgehead atoms. The van der Waals surface area contributed by atoms with E-state index in [0.717, 1.165) is 5.56 Å². The maximum Gasteiger partial charge on any atom is 0.340 e. The minimum atomic E-state index is -3.79. The smallest absolute Gasteiger partial charge is 0.340 e. The number of nitrogens with one attached hydrogen (secondary N) is 1. The standard InChI is InChI=1S/C27H24N4O6S/c1-3-31(4-2)38(34,35)20-11-13-24-21(15-20)25(37-30-24)26(32)29-23-12-10-19(16-28)14-22(23)27(33)36-17-18-8-6-5-7-9-18/h5-15H,3-4,17H2,1-2H3,(H,29,32). The summed E-state index contributed by atoms with van der Waals surface area (Å²) in [4.78, 5) is 26.1. The number of carbonyl (C=O) groups is 2. The fraction of sp³-hybridized carbons (Fsp3) is 0.185. The Labute approximate surface area is 219 Å². The van der Waals surface area contributed by atoms with Gasteiger partial charge in [0, 0.05) is 13.1 Å². The minimum Gasteiger partial charge on any atom is -0.457 e. The molecule has 1 amide bonds. The Morgan fingerprint density at radius 1 is 1.05 bits per heavy atom. The highest BCUT2D eigenvalue weighted by Gasteiger charge is 2.25. The van der Waals surface area contributed by atoms with Crippen LogP contribution in [-0.2, 0) is 21.4 Å². The number of hydrogen-bond acceptors (Lipinski definition) is 8. The first-order valence-corrected chi connectivity index (χ1v) is 13.2. The number of nitrogens with zero attached hydrogens (tertiary/aromatic N) is 3. The number of ether oxygens (including phenoxy) is 1. The zero-order valence-electron chi connectivity index (χ0n) is 20.7. The first kappa shape index (κ1) is 26.5. The molecule has 10 nitrogen and oxygen atoms in total. The molecule has 3 aromatic carbocycles. The molecule has 1 aromatic heterocycles. The molecule has 11 heteroatoms. The molecule has 0 aliphatic rings. The van der Waals surface area contributed by atoms with Crippen LogP contribution in [0, 0.1) is 11.3 Å². The summed E-state index contributed by atoms with van der Waals surface area (Å²) < 4.78 is 37.9. The number of aromatic nitrogens is 1. The Morgan fingerprint density at radius 2 is 1.79 bits per heavy atom. The van der Waals surface area contributed by atoms with Gasteiger partial charge in [-0.15, -0.1) is 0 Å². The quantitative estimate of drug-likeness (QED) is 0.314. The monoisotopic (exact) mass is 532 g/mol. The van der Waals surface area contributed by atoms with E-state index in [2.05, 4.69) is 10.5 Å². The summed E-state index contributed by atoms with van der Waals surface area (Å²) in [6, 6.07) is 19.4. The predicted molar refractivity (Wildman–Crippen MR) is 139 cm³/mol. The van der Waals surface area contributed by atoms with Crippen LogP contribution in [0.2, 0.25) is 0 Å². The molecule has 1 heterocycles. The summed E-state index contributed by atoms with van der Waals surface area (Å²) in [6.45, 7) is 4.04. The number of nitriles is 1. The van der Waals surface area contributed by atoms with Gasteiger partial charge in [-0.3, -0.25) is 4.79 Å². The van der Waals surface area contributed by atoms with E-state index >= 15 is 0 Å². The van der Waals surface area contributed by atoms with Gasteiger partial charge in [0.1, 0.15) is 12.1 Å². The van der Waals surface area contributed by atoms with Gasteiger partial charge in [-0.2, -0.15) is 9.57 Å². The van der Waals surface area contributed by atoms with Crippen LogP contribution >= 0.6 is 0 Å². The Balaban J connectivity index is 1.63. The van der Waals surface area contributed by atoms with Crippen molar-refractivity contribution in [3.8, 4) is 6.07 Å². The Hall–Kier alpha value is -4.53.